The number of amides is 2. The van der Waals surface area contributed by atoms with Crippen LogP contribution in [0.15, 0.2) is 87.2 Å². The molecule has 190 valence electrons. The van der Waals surface area contributed by atoms with E-state index < -0.39 is 5.91 Å². The van der Waals surface area contributed by atoms with E-state index in [1.165, 1.54) is 11.8 Å². The lowest BCUT2D eigenvalue weighted by molar-refractivity contribution is -0.123. The number of carbonyl (C=O) groups excluding carboxylic acids is 2. The zero-order valence-electron chi connectivity index (χ0n) is 20.4. The second kappa shape index (κ2) is 12.1. The van der Waals surface area contributed by atoms with E-state index in [2.05, 4.69) is 15.9 Å². The average molecular weight is 581 g/mol. The smallest absolute Gasteiger partial charge is 0.267 e. The lowest BCUT2D eigenvalue weighted by Gasteiger charge is -2.24. The van der Waals surface area contributed by atoms with Gasteiger partial charge >= 0.3 is 0 Å². The van der Waals surface area contributed by atoms with E-state index in [9.17, 15) is 9.59 Å². The van der Waals surface area contributed by atoms with Gasteiger partial charge in [0.05, 0.1) is 27.7 Å². The third kappa shape index (κ3) is 6.42. The molecule has 1 heterocycles. The molecule has 0 aromatic heterocycles. The fourth-order valence-electron chi connectivity index (χ4n) is 3.77. The Labute approximate surface area is 228 Å². The molecule has 2 amide bonds. The molecule has 1 aliphatic rings. The van der Waals surface area contributed by atoms with Gasteiger partial charge in [-0.1, -0.05) is 48.5 Å². The number of nitrogens with two attached hydrogens (primary N) is 1. The van der Waals surface area contributed by atoms with Gasteiger partial charge in [0.2, 0.25) is 0 Å². The summed E-state index contributed by atoms with van der Waals surface area (Å²) in [5, 5.41) is 0.601. The molecule has 7 nitrogen and oxygen atoms in total. The van der Waals surface area contributed by atoms with Gasteiger partial charge in [0.25, 0.3) is 11.8 Å². The molecule has 9 heteroatoms. The molecule has 0 aliphatic carbocycles. The summed E-state index contributed by atoms with van der Waals surface area (Å²) in [5.41, 5.74) is 7.73. The molecule has 3 aromatic carbocycles. The Morgan fingerprint density at radius 1 is 1.11 bits per heavy atom. The number of primary amides is 1. The van der Waals surface area contributed by atoms with Gasteiger partial charge in [0.15, 0.2) is 23.3 Å². The number of aliphatic imine (C=N–C) groups is 1. The largest absolute Gasteiger partial charge is 0.490 e. The van der Waals surface area contributed by atoms with Gasteiger partial charge in [0, 0.05) is 0 Å². The van der Waals surface area contributed by atoms with Crippen LogP contribution in [0.25, 0.3) is 6.08 Å². The highest BCUT2D eigenvalue weighted by molar-refractivity contribution is 9.10. The van der Waals surface area contributed by atoms with E-state index in [1.807, 2.05) is 74.5 Å². The molecule has 2 N–H and O–H groups in total. The number of thioether (sulfide) groups is 1. The van der Waals surface area contributed by atoms with Gasteiger partial charge in [-0.2, -0.15) is 0 Å². The Bertz CT molecular complexity index is 1350. The number of hydrogen-bond donors (Lipinski definition) is 1. The summed E-state index contributed by atoms with van der Waals surface area (Å²) in [7, 11) is 0. The van der Waals surface area contributed by atoms with Gasteiger partial charge < -0.3 is 15.2 Å². The number of carbonyl (C=O) groups is 2. The summed E-state index contributed by atoms with van der Waals surface area (Å²) in [4.78, 5) is 32.0. The van der Waals surface area contributed by atoms with Crippen molar-refractivity contribution in [2.75, 3.05) is 13.2 Å². The first-order valence-electron chi connectivity index (χ1n) is 11.7. The zero-order chi connectivity index (χ0) is 26.4. The number of hydrogen-bond acceptors (Lipinski definition) is 6. The Morgan fingerprint density at radius 2 is 1.78 bits per heavy atom. The van der Waals surface area contributed by atoms with Crippen molar-refractivity contribution in [1.29, 1.82) is 0 Å². The van der Waals surface area contributed by atoms with Crippen molar-refractivity contribution < 1.29 is 19.1 Å². The normalized spacial score (nSPS) is 16.3. The number of nitrogens with zero attached hydrogens (tertiary/aromatic N) is 2. The number of ether oxygens (including phenoxy) is 2. The van der Waals surface area contributed by atoms with E-state index >= 15 is 0 Å². The van der Waals surface area contributed by atoms with Crippen molar-refractivity contribution >= 4 is 56.4 Å². The molecule has 0 spiro atoms. The number of halogens is 1. The summed E-state index contributed by atoms with van der Waals surface area (Å²) >= 11 is 4.81. The van der Waals surface area contributed by atoms with E-state index in [0.29, 0.717) is 32.7 Å². The topological polar surface area (TPSA) is 94.2 Å². The standard InChI is InChI=1S/C28H26BrN3O4S/c1-3-35-23-15-19(14-22(29)26(23)36-17-25(30)33)16-24-27(34)32(18(2)20-10-6-4-7-11-20)28(37-24)31-21-12-8-5-9-13-21/h4-16,18H,3,17H2,1-2H3,(H2,30,33). The molecule has 1 aliphatic heterocycles. The van der Waals surface area contributed by atoms with E-state index in [0.717, 1.165) is 16.8 Å². The molecule has 3 aromatic rings. The van der Waals surface area contributed by atoms with Gasteiger partial charge in [-0.25, -0.2) is 4.99 Å². The molecule has 0 saturated carbocycles. The minimum absolute atomic E-state index is 0.140. The monoisotopic (exact) mass is 579 g/mol. The van der Waals surface area contributed by atoms with Crippen LogP contribution in [-0.2, 0) is 9.59 Å². The molecule has 0 radical (unpaired) electrons. The minimum atomic E-state index is -0.591. The Morgan fingerprint density at radius 3 is 2.43 bits per heavy atom. The first-order valence-corrected chi connectivity index (χ1v) is 13.3. The van der Waals surface area contributed by atoms with Crippen LogP contribution in [0.3, 0.4) is 0 Å². The molecule has 1 atom stereocenters. The quantitative estimate of drug-likeness (QED) is 0.310. The second-order valence-corrected chi connectivity index (χ2v) is 9.98. The summed E-state index contributed by atoms with van der Waals surface area (Å²) in [6.45, 7) is 3.96. The van der Waals surface area contributed by atoms with Crippen molar-refractivity contribution in [3.8, 4) is 11.5 Å². The van der Waals surface area contributed by atoms with Crippen LogP contribution < -0.4 is 15.2 Å². The van der Waals surface area contributed by atoms with Crippen molar-refractivity contribution in [1.82, 2.24) is 4.90 Å². The predicted molar refractivity (Wildman–Crippen MR) is 151 cm³/mol. The lowest BCUT2D eigenvalue weighted by Crippen LogP contribution is -2.32. The van der Waals surface area contributed by atoms with Crippen LogP contribution in [0.2, 0.25) is 0 Å². The average Bonchev–Trinajstić information content (AvgIpc) is 3.18. The van der Waals surface area contributed by atoms with Crippen molar-refractivity contribution in [2.24, 2.45) is 10.7 Å². The summed E-state index contributed by atoms with van der Waals surface area (Å²) in [6, 6.07) is 22.8. The van der Waals surface area contributed by atoms with Crippen LogP contribution in [0.1, 0.15) is 31.0 Å². The number of rotatable bonds is 9. The van der Waals surface area contributed by atoms with Crippen LogP contribution in [-0.4, -0.2) is 35.1 Å². The minimum Gasteiger partial charge on any atom is -0.490 e. The lowest BCUT2D eigenvalue weighted by atomic mass is 10.1. The van der Waals surface area contributed by atoms with E-state index in [-0.39, 0.29) is 18.6 Å². The van der Waals surface area contributed by atoms with Crippen molar-refractivity contribution in [3.63, 3.8) is 0 Å². The van der Waals surface area contributed by atoms with E-state index in [4.69, 9.17) is 20.2 Å². The highest BCUT2D eigenvalue weighted by Crippen LogP contribution is 2.41. The molecular formula is C28H26BrN3O4S. The summed E-state index contributed by atoms with van der Waals surface area (Å²) < 4.78 is 11.9. The second-order valence-electron chi connectivity index (χ2n) is 8.12. The molecule has 0 bridgehead atoms. The van der Waals surface area contributed by atoms with Crippen molar-refractivity contribution in [3.05, 3.63) is 93.3 Å². The van der Waals surface area contributed by atoms with Crippen LogP contribution in [0.4, 0.5) is 5.69 Å². The zero-order valence-corrected chi connectivity index (χ0v) is 22.8. The molecule has 4 rings (SSSR count). The molecule has 1 unspecified atom stereocenters. The van der Waals surface area contributed by atoms with Gasteiger partial charge in [-0.15, -0.1) is 0 Å². The van der Waals surface area contributed by atoms with Gasteiger partial charge in [0.1, 0.15) is 0 Å². The molecule has 1 fully saturated rings. The maximum absolute atomic E-state index is 13.7. The SMILES string of the molecule is CCOc1cc(C=C2SC(=Nc3ccccc3)N(C(C)c3ccccc3)C2=O)cc(Br)c1OCC(N)=O. The van der Waals surface area contributed by atoms with Gasteiger partial charge in [-0.3, -0.25) is 14.5 Å². The molecular weight excluding hydrogens is 554 g/mol. The van der Waals surface area contributed by atoms with Crippen LogP contribution in [0.5, 0.6) is 11.5 Å². The predicted octanol–water partition coefficient (Wildman–Crippen LogP) is 6.08. The van der Waals surface area contributed by atoms with Crippen LogP contribution >= 0.6 is 27.7 Å². The van der Waals surface area contributed by atoms with Gasteiger partial charge in [-0.05, 0) is 83.0 Å². The number of para-hydroxylation sites is 1. The number of amidine groups is 1. The molecule has 1 saturated heterocycles. The highest BCUT2D eigenvalue weighted by Gasteiger charge is 2.37. The summed E-state index contributed by atoms with van der Waals surface area (Å²) in [6.07, 6.45) is 1.80. The Hall–Kier alpha value is -3.56. The van der Waals surface area contributed by atoms with Crippen molar-refractivity contribution in [2.45, 2.75) is 19.9 Å². The Kier molecular flexibility index (Phi) is 8.68. The Balaban J connectivity index is 1.73. The fourth-order valence-corrected chi connectivity index (χ4v) is 5.41. The summed E-state index contributed by atoms with van der Waals surface area (Å²) in [5.74, 6) is 0.0810. The molecule has 37 heavy (non-hydrogen) atoms. The third-order valence-corrected chi connectivity index (χ3v) is 7.05. The fraction of sp³-hybridized carbons (Fsp3) is 0.179. The maximum Gasteiger partial charge on any atom is 0.267 e. The van der Waals surface area contributed by atoms with Crippen LogP contribution in [0, 0.1) is 0 Å². The first kappa shape index (κ1) is 26.5. The first-order chi connectivity index (χ1) is 17.9. The van der Waals surface area contributed by atoms with E-state index in [1.54, 1.807) is 23.1 Å². The maximum atomic E-state index is 13.7. The number of benzene rings is 3. The third-order valence-electron chi connectivity index (χ3n) is 5.48. The highest BCUT2D eigenvalue weighted by atomic mass is 79.9.